The van der Waals surface area contributed by atoms with E-state index in [2.05, 4.69) is 62.7 Å². The number of hydrogen-bond donors (Lipinski definition) is 1. The summed E-state index contributed by atoms with van der Waals surface area (Å²) in [5.74, 6) is 1.09. The number of aryl methyl sites for hydroxylation is 1. The largest absolute Gasteiger partial charge is 0.308 e. The first-order chi connectivity index (χ1) is 9.17. The van der Waals surface area contributed by atoms with Crippen molar-refractivity contribution in [2.24, 2.45) is 7.05 Å². The molecule has 102 valence electrons. The van der Waals surface area contributed by atoms with Crippen molar-refractivity contribution in [3.05, 3.63) is 40.1 Å². The normalized spacial score (nSPS) is 12.6. The third kappa shape index (κ3) is 3.19. The lowest BCUT2D eigenvalue weighted by Crippen LogP contribution is -2.21. The first-order valence-electron chi connectivity index (χ1n) is 6.12. The monoisotopic (exact) mass is 340 g/mol. The van der Waals surface area contributed by atoms with Gasteiger partial charge in [-0.25, -0.2) is 4.68 Å². The van der Waals surface area contributed by atoms with E-state index < -0.39 is 0 Å². The first-order valence-corrected chi connectivity index (χ1v) is 7.90. The number of thioether (sulfide) groups is 1. The van der Waals surface area contributed by atoms with E-state index >= 15 is 0 Å². The predicted molar refractivity (Wildman–Crippen MR) is 82.4 cm³/mol. The number of nitrogens with zero attached hydrogens (tertiary/aromatic N) is 3. The number of aromatic nitrogens is 3. The highest BCUT2D eigenvalue weighted by atomic mass is 79.9. The van der Waals surface area contributed by atoms with Crippen LogP contribution in [0.3, 0.4) is 0 Å². The van der Waals surface area contributed by atoms with E-state index in [1.165, 1.54) is 10.5 Å². The van der Waals surface area contributed by atoms with Gasteiger partial charge in [-0.15, -0.1) is 16.9 Å². The third-order valence-corrected chi connectivity index (χ3v) is 4.37. The molecule has 0 amide bonds. The number of rotatable bonds is 5. The second kappa shape index (κ2) is 6.54. The Morgan fingerprint density at radius 2 is 2.05 bits per heavy atom. The van der Waals surface area contributed by atoms with Crippen molar-refractivity contribution in [1.29, 1.82) is 0 Å². The fourth-order valence-corrected chi connectivity index (χ4v) is 3.25. The molecule has 1 aromatic heterocycles. The molecular weight excluding hydrogens is 324 g/mol. The van der Waals surface area contributed by atoms with Crippen LogP contribution in [-0.2, 0) is 7.05 Å². The molecule has 1 aromatic carbocycles. The van der Waals surface area contributed by atoms with Crippen LogP contribution >= 0.6 is 27.7 Å². The van der Waals surface area contributed by atoms with Gasteiger partial charge in [-0.05, 0) is 46.4 Å². The molecule has 0 aliphatic rings. The Morgan fingerprint density at radius 1 is 1.37 bits per heavy atom. The summed E-state index contributed by atoms with van der Waals surface area (Å²) in [7, 11) is 3.84. The van der Waals surface area contributed by atoms with Crippen LogP contribution in [0.1, 0.15) is 24.2 Å². The van der Waals surface area contributed by atoms with Gasteiger partial charge in [0.25, 0.3) is 0 Å². The maximum atomic E-state index is 4.04. The molecule has 6 heteroatoms. The molecule has 1 atom stereocenters. The number of halogens is 1. The van der Waals surface area contributed by atoms with Gasteiger partial charge in [0.2, 0.25) is 0 Å². The molecule has 0 spiro atoms. The zero-order chi connectivity index (χ0) is 13.8. The summed E-state index contributed by atoms with van der Waals surface area (Å²) in [5.41, 5.74) is 2.23. The highest BCUT2D eigenvalue weighted by Gasteiger charge is 2.20. The first kappa shape index (κ1) is 14.6. The van der Waals surface area contributed by atoms with E-state index in [0.29, 0.717) is 0 Å². The lowest BCUT2D eigenvalue weighted by atomic mass is 10.0. The van der Waals surface area contributed by atoms with Crippen LogP contribution in [0.2, 0.25) is 0 Å². The maximum absolute atomic E-state index is 4.04. The van der Waals surface area contributed by atoms with Crippen LogP contribution < -0.4 is 5.32 Å². The minimum Gasteiger partial charge on any atom is -0.308 e. The van der Waals surface area contributed by atoms with Gasteiger partial charge < -0.3 is 5.32 Å². The molecule has 1 heterocycles. The Hall–Kier alpha value is -0.850. The summed E-state index contributed by atoms with van der Waals surface area (Å²) in [6, 6.07) is 8.70. The van der Waals surface area contributed by atoms with Gasteiger partial charge in [-0.3, -0.25) is 0 Å². The second-order valence-electron chi connectivity index (χ2n) is 4.11. The standard InChI is InChI=1S/C13H17BrN4S/c1-4-19-10-7-5-9(6-8-10)11(15-2)12-13(14)16-17-18(12)3/h5-8,11,15H,4H2,1-3H3. The zero-order valence-corrected chi connectivity index (χ0v) is 13.6. The van der Waals surface area contributed by atoms with Gasteiger partial charge >= 0.3 is 0 Å². The van der Waals surface area contributed by atoms with Gasteiger partial charge in [0, 0.05) is 11.9 Å². The molecule has 19 heavy (non-hydrogen) atoms. The third-order valence-electron chi connectivity index (χ3n) is 2.91. The summed E-state index contributed by atoms with van der Waals surface area (Å²) in [6.45, 7) is 2.16. The molecule has 2 rings (SSSR count). The lowest BCUT2D eigenvalue weighted by molar-refractivity contribution is 0.597. The van der Waals surface area contributed by atoms with E-state index in [1.54, 1.807) is 4.68 Å². The van der Waals surface area contributed by atoms with Crippen LogP contribution in [0.15, 0.2) is 33.8 Å². The van der Waals surface area contributed by atoms with E-state index in [0.717, 1.165) is 16.0 Å². The zero-order valence-electron chi connectivity index (χ0n) is 11.2. The summed E-state index contributed by atoms with van der Waals surface area (Å²) in [5, 5.41) is 11.4. The van der Waals surface area contributed by atoms with Crippen molar-refractivity contribution in [2.45, 2.75) is 17.9 Å². The Kier molecular flexibility index (Phi) is 5.01. The van der Waals surface area contributed by atoms with Gasteiger partial charge in [-0.1, -0.05) is 24.3 Å². The van der Waals surface area contributed by atoms with Gasteiger partial charge in [-0.2, -0.15) is 0 Å². The van der Waals surface area contributed by atoms with Crippen LogP contribution in [0.4, 0.5) is 0 Å². The number of benzene rings is 1. The fourth-order valence-electron chi connectivity index (χ4n) is 2.03. The van der Waals surface area contributed by atoms with Crippen molar-refractivity contribution in [2.75, 3.05) is 12.8 Å². The minimum atomic E-state index is 0.0788. The second-order valence-corrected chi connectivity index (χ2v) is 6.20. The molecule has 1 unspecified atom stereocenters. The molecule has 0 radical (unpaired) electrons. The molecule has 0 fully saturated rings. The molecule has 2 aromatic rings. The molecule has 0 bridgehead atoms. The smallest absolute Gasteiger partial charge is 0.153 e. The summed E-state index contributed by atoms with van der Waals surface area (Å²) in [4.78, 5) is 1.29. The van der Waals surface area contributed by atoms with Crippen LogP contribution in [-0.4, -0.2) is 27.8 Å². The molecule has 0 saturated carbocycles. The van der Waals surface area contributed by atoms with Gasteiger partial charge in [0.05, 0.1) is 11.7 Å². The van der Waals surface area contributed by atoms with Crippen molar-refractivity contribution in [3.8, 4) is 0 Å². The van der Waals surface area contributed by atoms with E-state index in [4.69, 9.17) is 0 Å². The van der Waals surface area contributed by atoms with Gasteiger partial charge in [0.15, 0.2) is 4.60 Å². The molecular formula is C13H17BrN4S. The van der Waals surface area contributed by atoms with E-state index in [9.17, 15) is 0 Å². The summed E-state index contributed by atoms with van der Waals surface area (Å²) < 4.78 is 2.57. The van der Waals surface area contributed by atoms with Crippen molar-refractivity contribution in [1.82, 2.24) is 20.3 Å². The lowest BCUT2D eigenvalue weighted by Gasteiger charge is -2.17. The Labute approximate surface area is 126 Å². The van der Waals surface area contributed by atoms with E-state index in [-0.39, 0.29) is 6.04 Å². The minimum absolute atomic E-state index is 0.0788. The van der Waals surface area contributed by atoms with Crippen LogP contribution in [0.25, 0.3) is 0 Å². The SMILES string of the molecule is CCSc1ccc(C(NC)c2c(Br)nnn2C)cc1. The molecule has 0 saturated heterocycles. The molecule has 1 N–H and O–H groups in total. The molecule has 0 aliphatic carbocycles. The quantitative estimate of drug-likeness (QED) is 0.849. The maximum Gasteiger partial charge on any atom is 0.153 e. The Bertz CT molecular complexity index is 519. The molecule has 0 aliphatic heterocycles. The summed E-state index contributed by atoms with van der Waals surface area (Å²) >= 11 is 5.30. The number of nitrogens with one attached hydrogen (secondary N) is 1. The predicted octanol–water partition coefficient (Wildman–Crippen LogP) is 3.00. The fraction of sp³-hybridized carbons (Fsp3) is 0.385. The average molecular weight is 341 g/mol. The van der Waals surface area contributed by atoms with E-state index in [1.807, 2.05) is 25.9 Å². The van der Waals surface area contributed by atoms with Gasteiger partial charge in [0.1, 0.15) is 0 Å². The Morgan fingerprint density at radius 3 is 2.53 bits per heavy atom. The van der Waals surface area contributed by atoms with Crippen molar-refractivity contribution in [3.63, 3.8) is 0 Å². The van der Waals surface area contributed by atoms with Crippen molar-refractivity contribution >= 4 is 27.7 Å². The number of hydrogen-bond acceptors (Lipinski definition) is 4. The summed E-state index contributed by atoms with van der Waals surface area (Å²) in [6.07, 6.45) is 0. The van der Waals surface area contributed by atoms with Crippen molar-refractivity contribution < 1.29 is 0 Å². The average Bonchev–Trinajstić information content (AvgIpc) is 2.74. The highest BCUT2D eigenvalue weighted by molar-refractivity contribution is 9.10. The van der Waals surface area contributed by atoms with Crippen LogP contribution in [0, 0.1) is 0 Å². The van der Waals surface area contributed by atoms with Crippen LogP contribution in [0.5, 0.6) is 0 Å². The highest BCUT2D eigenvalue weighted by Crippen LogP contribution is 2.28. The Balaban J connectivity index is 2.32. The topological polar surface area (TPSA) is 42.7 Å². The molecule has 4 nitrogen and oxygen atoms in total.